The molecule has 0 fully saturated rings. The Bertz CT molecular complexity index is 255. The number of carbonyl (C=O) groups is 1. The van der Waals surface area contributed by atoms with Gasteiger partial charge in [-0.3, -0.25) is 0 Å². The molecule has 0 saturated heterocycles. The van der Waals surface area contributed by atoms with Crippen LogP contribution in [0.3, 0.4) is 0 Å². The molecule has 0 radical (unpaired) electrons. The zero-order valence-corrected chi connectivity index (χ0v) is 7.45. The van der Waals surface area contributed by atoms with E-state index in [0.717, 1.165) is 0 Å². The Kier molecular flexibility index (Phi) is 5.79. The molecular formula is C6H11N3O6. The van der Waals surface area contributed by atoms with Crippen LogP contribution in [0.15, 0.2) is 5.11 Å². The molecule has 5 N–H and O–H groups in total. The zero-order valence-electron chi connectivity index (χ0n) is 7.45. The van der Waals surface area contributed by atoms with Crippen LogP contribution in [-0.4, -0.2) is 62.5 Å². The molecule has 0 bridgehead atoms. The minimum atomic E-state index is -2.02. The summed E-state index contributed by atoms with van der Waals surface area (Å²) in [7, 11) is 0. The highest BCUT2D eigenvalue weighted by atomic mass is 16.4. The molecule has 0 spiro atoms. The second-order valence-corrected chi connectivity index (χ2v) is 2.72. The molecule has 86 valence electrons. The first-order valence-corrected chi connectivity index (χ1v) is 3.85. The Morgan fingerprint density at radius 3 is 2.00 bits per heavy atom. The van der Waals surface area contributed by atoms with E-state index in [1.807, 2.05) is 0 Å². The van der Waals surface area contributed by atoms with Gasteiger partial charge in [0.15, 0.2) is 12.5 Å². The normalized spacial score (nSPS) is 20.6. The van der Waals surface area contributed by atoms with Crippen molar-refractivity contribution in [2.75, 3.05) is 0 Å². The van der Waals surface area contributed by atoms with Crippen molar-refractivity contribution in [2.24, 2.45) is 5.11 Å². The van der Waals surface area contributed by atoms with E-state index in [4.69, 9.17) is 31.1 Å². The molecule has 5 unspecified atom stereocenters. The summed E-state index contributed by atoms with van der Waals surface area (Å²) in [6.45, 7) is 0. The van der Waals surface area contributed by atoms with Gasteiger partial charge < -0.3 is 30.3 Å². The lowest BCUT2D eigenvalue weighted by Gasteiger charge is -2.25. The van der Waals surface area contributed by atoms with Gasteiger partial charge in [0.05, 0.1) is 0 Å². The average molecular weight is 221 g/mol. The summed E-state index contributed by atoms with van der Waals surface area (Å²) in [5.41, 5.74) is 7.90. The van der Waals surface area contributed by atoms with Gasteiger partial charge in [-0.15, -0.1) is 0 Å². The summed E-state index contributed by atoms with van der Waals surface area (Å²) < 4.78 is 0. The van der Waals surface area contributed by atoms with Gasteiger partial charge in [0.2, 0.25) is 0 Å². The fourth-order valence-electron chi connectivity index (χ4n) is 0.782. The Balaban J connectivity index is 4.48. The molecule has 0 aromatic heterocycles. The van der Waals surface area contributed by atoms with Gasteiger partial charge in [-0.1, -0.05) is 5.11 Å². The van der Waals surface area contributed by atoms with Crippen LogP contribution < -0.4 is 0 Å². The van der Waals surface area contributed by atoms with E-state index in [9.17, 15) is 4.79 Å². The quantitative estimate of drug-likeness (QED) is 0.141. The number of hydrogen-bond donors (Lipinski definition) is 5. The van der Waals surface area contributed by atoms with Crippen molar-refractivity contribution in [1.82, 2.24) is 0 Å². The number of hydrogen-bond acceptors (Lipinski definition) is 7. The van der Waals surface area contributed by atoms with Crippen LogP contribution in [0.4, 0.5) is 0 Å². The number of aliphatic hydroxyl groups is 5. The highest BCUT2D eigenvalue weighted by Crippen LogP contribution is 2.08. The van der Waals surface area contributed by atoms with Crippen molar-refractivity contribution in [3.05, 3.63) is 10.4 Å². The molecular weight excluding hydrogens is 210 g/mol. The van der Waals surface area contributed by atoms with Crippen molar-refractivity contribution in [3.63, 3.8) is 0 Å². The van der Waals surface area contributed by atoms with Crippen LogP contribution in [0.2, 0.25) is 0 Å². The predicted octanol–water partition coefficient (Wildman–Crippen LogP) is -2.74. The topological polar surface area (TPSA) is 167 Å². The van der Waals surface area contributed by atoms with Gasteiger partial charge >= 0.3 is 0 Å². The number of nitrogens with zero attached hydrogens (tertiary/aromatic N) is 3. The maximum absolute atomic E-state index is 10.0. The number of azide groups is 1. The van der Waals surface area contributed by atoms with E-state index in [0.29, 0.717) is 0 Å². The number of aldehydes is 1. The SMILES string of the molecule is [N-]=[N+]=NC(O)C(O)C(O)C(O)C(O)C=O. The van der Waals surface area contributed by atoms with Crippen LogP contribution in [0.1, 0.15) is 0 Å². The molecule has 0 aliphatic heterocycles. The Morgan fingerprint density at radius 2 is 1.60 bits per heavy atom. The maximum Gasteiger partial charge on any atom is 0.161 e. The van der Waals surface area contributed by atoms with Crippen molar-refractivity contribution >= 4 is 6.29 Å². The number of carbonyl (C=O) groups excluding carboxylic acids is 1. The van der Waals surface area contributed by atoms with E-state index in [2.05, 4.69) is 10.0 Å². The van der Waals surface area contributed by atoms with E-state index >= 15 is 0 Å². The Hall–Kier alpha value is -1.22. The van der Waals surface area contributed by atoms with Gasteiger partial charge in [0, 0.05) is 4.91 Å². The number of aliphatic hydroxyl groups excluding tert-OH is 5. The summed E-state index contributed by atoms with van der Waals surface area (Å²) in [6.07, 6.45) is -9.97. The second kappa shape index (κ2) is 6.30. The van der Waals surface area contributed by atoms with E-state index in [-0.39, 0.29) is 6.29 Å². The molecule has 0 aromatic rings. The lowest BCUT2D eigenvalue weighted by molar-refractivity contribution is -0.143. The lowest BCUT2D eigenvalue weighted by Crippen LogP contribution is -2.48. The van der Waals surface area contributed by atoms with E-state index < -0.39 is 30.6 Å². The monoisotopic (exact) mass is 221 g/mol. The Labute approximate surface area is 83.8 Å². The fraction of sp³-hybridized carbons (Fsp3) is 0.833. The number of rotatable bonds is 6. The molecule has 0 amide bonds. The van der Waals surface area contributed by atoms with Gasteiger partial charge in [-0.25, -0.2) is 0 Å². The zero-order chi connectivity index (χ0) is 12.0. The third-order valence-corrected chi connectivity index (χ3v) is 1.66. The van der Waals surface area contributed by atoms with Crippen LogP contribution in [0.5, 0.6) is 0 Å². The first kappa shape index (κ1) is 13.8. The molecule has 0 aliphatic carbocycles. The van der Waals surface area contributed by atoms with Gasteiger partial charge in [0.25, 0.3) is 0 Å². The summed E-state index contributed by atoms with van der Waals surface area (Å²) >= 11 is 0. The van der Waals surface area contributed by atoms with E-state index in [1.165, 1.54) is 0 Å². The van der Waals surface area contributed by atoms with Gasteiger partial charge in [-0.05, 0) is 5.53 Å². The summed E-state index contributed by atoms with van der Waals surface area (Å²) in [5, 5.41) is 47.6. The smallest absolute Gasteiger partial charge is 0.161 e. The molecule has 0 rings (SSSR count). The summed E-state index contributed by atoms with van der Waals surface area (Å²) in [6, 6.07) is 0. The van der Waals surface area contributed by atoms with Crippen LogP contribution in [0.25, 0.3) is 10.4 Å². The van der Waals surface area contributed by atoms with Crippen molar-refractivity contribution in [3.8, 4) is 0 Å². The van der Waals surface area contributed by atoms with Gasteiger partial charge in [-0.2, -0.15) is 0 Å². The predicted molar refractivity (Wildman–Crippen MR) is 45.2 cm³/mol. The largest absolute Gasteiger partial charge is 0.387 e. The lowest BCUT2D eigenvalue weighted by atomic mass is 10.0. The molecule has 0 aliphatic rings. The second-order valence-electron chi connectivity index (χ2n) is 2.72. The highest BCUT2D eigenvalue weighted by Gasteiger charge is 2.33. The third-order valence-electron chi connectivity index (χ3n) is 1.66. The standard InChI is InChI=1S/C6H11N3O6/c7-9-8-6(15)5(14)4(13)3(12)2(11)1-10/h1-6,11-15H. The maximum atomic E-state index is 10.0. The molecule has 9 heteroatoms. The molecule has 0 aromatic carbocycles. The van der Waals surface area contributed by atoms with Crippen molar-refractivity contribution < 1.29 is 30.3 Å². The molecule has 0 saturated carbocycles. The summed E-state index contributed by atoms with van der Waals surface area (Å²) in [4.78, 5) is 12.2. The van der Waals surface area contributed by atoms with Crippen molar-refractivity contribution in [2.45, 2.75) is 30.6 Å². The summed E-state index contributed by atoms with van der Waals surface area (Å²) in [5.74, 6) is 0. The van der Waals surface area contributed by atoms with Crippen LogP contribution >= 0.6 is 0 Å². The minimum absolute atomic E-state index is 0.0550. The molecule has 9 nitrogen and oxygen atoms in total. The molecule has 0 heterocycles. The van der Waals surface area contributed by atoms with Crippen molar-refractivity contribution in [1.29, 1.82) is 0 Å². The minimum Gasteiger partial charge on any atom is -0.387 e. The highest BCUT2D eigenvalue weighted by molar-refractivity contribution is 5.56. The molecule has 5 atom stereocenters. The van der Waals surface area contributed by atoms with Crippen LogP contribution in [0, 0.1) is 0 Å². The fourth-order valence-corrected chi connectivity index (χ4v) is 0.782. The Morgan fingerprint density at radius 1 is 1.07 bits per heavy atom. The average Bonchev–Trinajstić information content (AvgIpc) is 2.25. The third kappa shape index (κ3) is 3.80. The van der Waals surface area contributed by atoms with E-state index in [1.54, 1.807) is 0 Å². The first-order valence-electron chi connectivity index (χ1n) is 3.85. The first-order chi connectivity index (χ1) is 6.95. The molecule has 15 heavy (non-hydrogen) atoms. The van der Waals surface area contributed by atoms with Gasteiger partial charge in [0.1, 0.15) is 24.4 Å². The van der Waals surface area contributed by atoms with Crippen LogP contribution in [-0.2, 0) is 4.79 Å².